The van der Waals surface area contributed by atoms with E-state index in [4.69, 9.17) is 0 Å². The lowest BCUT2D eigenvalue weighted by Gasteiger charge is -2.16. The van der Waals surface area contributed by atoms with Gasteiger partial charge in [-0.2, -0.15) is 0 Å². The van der Waals surface area contributed by atoms with E-state index < -0.39 is 0 Å². The summed E-state index contributed by atoms with van der Waals surface area (Å²) < 4.78 is 0. The third-order valence-electron chi connectivity index (χ3n) is 5.69. The van der Waals surface area contributed by atoms with Crippen LogP contribution in [0.15, 0.2) is 103 Å². The van der Waals surface area contributed by atoms with Crippen molar-refractivity contribution in [1.29, 1.82) is 0 Å². The standard InChI is InChI=1S/C27H17N/c1-2-6-18(7-3-1)21-13-11-19-9-10-20-12-14-22(25-8-4-5-17-28-25)24-16-15-23(21)26(19)27(20)24/h1-17H. The van der Waals surface area contributed by atoms with Gasteiger partial charge in [0.25, 0.3) is 0 Å². The van der Waals surface area contributed by atoms with Crippen LogP contribution in [0.1, 0.15) is 0 Å². The molecule has 0 saturated heterocycles. The van der Waals surface area contributed by atoms with Crippen molar-refractivity contribution in [3.05, 3.63) is 103 Å². The van der Waals surface area contributed by atoms with Gasteiger partial charge in [0.1, 0.15) is 0 Å². The molecule has 1 heteroatoms. The molecule has 0 unspecified atom stereocenters. The highest BCUT2D eigenvalue weighted by Crippen LogP contribution is 2.41. The molecule has 0 aliphatic carbocycles. The first-order chi connectivity index (χ1) is 13.9. The highest BCUT2D eigenvalue weighted by Gasteiger charge is 2.14. The highest BCUT2D eigenvalue weighted by atomic mass is 14.7. The summed E-state index contributed by atoms with van der Waals surface area (Å²) in [5.41, 5.74) is 4.74. The van der Waals surface area contributed by atoms with E-state index in [0.717, 1.165) is 5.69 Å². The van der Waals surface area contributed by atoms with Gasteiger partial charge in [-0.25, -0.2) is 0 Å². The zero-order chi connectivity index (χ0) is 18.5. The van der Waals surface area contributed by atoms with Gasteiger partial charge in [0, 0.05) is 11.8 Å². The van der Waals surface area contributed by atoms with E-state index in [9.17, 15) is 0 Å². The first kappa shape index (κ1) is 15.4. The van der Waals surface area contributed by atoms with Crippen LogP contribution in [0.25, 0.3) is 54.7 Å². The summed E-state index contributed by atoms with van der Waals surface area (Å²) in [4.78, 5) is 4.60. The van der Waals surface area contributed by atoms with Crippen molar-refractivity contribution in [3.8, 4) is 22.4 Å². The van der Waals surface area contributed by atoms with E-state index in [0.29, 0.717) is 0 Å². The number of rotatable bonds is 2. The molecule has 1 heterocycles. The van der Waals surface area contributed by atoms with Crippen LogP contribution in [0.2, 0.25) is 0 Å². The number of hydrogen-bond donors (Lipinski definition) is 0. The SMILES string of the molecule is c1ccc(-c2ccc3ccc4ccc(-c5ccccn5)c5ccc2c3c45)cc1. The molecule has 0 bridgehead atoms. The number of aromatic nitrogens is 1. The lowest BCUT2D eigenvalue weighted by atomic mass is 9.88. The average molecular weight is 355 g/mol. The van der Waals surface area contributed by atoms with Crippen molar-refractivity contribution >= 4 is 32.3 Å². The minimum atomic E-state index is 1.02. The van der Waals surface area contributed by atoms with E-state index in [1.807, 2.05) is 18.3 Å². The fourth-order valence-electron chi connectivity index (χ4n) is 4.42. The zero-order valence-electron chi connectivity index (χ0n) is 15.3. The summed E-state index contributed by atoms with van der Waals surface area (Å²) in [6, 6.07) is 34.7. The predicted octanol–water partition coefficient (Wildman–Crippen LogP) is 7.31. The molecule has 0 fully saturated rings. The molecule has 28 heavy (non-hydrogen) atoms. The molecule has 0 saturated carbocycles. The maximum Gasteiger partial charge on any atom is 0.0708 e. The molecule has 0 amide bonds. The van der Waals surface area contributed by atoms with Gasteiger partial charge >= 0.3 is 0 Å². The summed E-state index contributed by atoms with van der Waals surface area (Å²) in [5.74, 6) is 0. The predicted molar refractivity (Wildman–Crippen MR) is 119 cm³/mol. The van der Waals surface area contributed by atoms with Crippen molar-refractivity contribution in [2.45, 2.75) is 0 Å². The number of hydrogen-bond acceptors (Lipinski definition) is 1. The average Bonchev–Trinajstić information content (AvgIpc) is 2.78. The largest absolute Gasteiger partial charge is 0.256 e. The number of nitrogens with zero attached hydrogens (tertiary/aromatic N) is 1. The van der Waals surface area contributed by atoms with E-state index >= 15 is 0 Å². The van der Waals surface area contributed by atoms with Crippen molar-refractivity contribution < 1.29 is 0 Å². The Labute approximate surface area is 163 Å². The Hall–Kier alpha value is -3.71. The summed E-state index contributed by atoms with van der Waals surface area (Å²) in [6.07, 6.45) is 1.86. The Balaban J connectivity index is 1.77. The lowest BCUT2D eigenvalue weighted by Crippen LogP contribution is -1.90. The zero-order valence-corrected chi connectivity index (χ0v) is 15.3. The first-order valence-corrected chi connectivity index (χ1v) is 9.57. The van der Waals surface area contributed by atoms with E-state index in [1.165, 1.54) is 49.0 Å². The molecule has 1 nitrogen and oxygen atoms in total. The normalized spacial score (nSPS) is 11.6. The summed E-state index contributed by atoms with van der Waals surface area (Å²) in [5, 5.41) is 7.80. The monoisotopic (exact) mass is 355 g/mol. The molecule has 0 atom stereocenters. The second kappa shape index (κ2) is 5.90. The van der Waals surface area contributed by atoms with Gasteiger partial charge in [-0.3, -0.25) is 4.98 Å². The first-order valence-electron chi connectivity index (χ1n) is 9.57. The van der Waals surface area contributed by atoms with E-state index in [2.05, 4.69) is 89.9 Å². The van der Waals surface area contributed by atoms with Gasteiger partial charge in [0.05, 0.1) is 5.69 Å². The topological polar surface area (TPSA) is 12.9 Å². The second-order valence-corrected chi connectivity index (χ2v) is 7.23. The molecule has 6 rings (SSSR count). The fraction of sp³-hybridized carbons (Fsp3) is 0. The van der Waals surface area contributed by atoms with Gasteiger partial charge in [0.15, 0.2) is 0 Å². The Morgan fingerprint density at radius 2 is 1.07 bits per heavy atom. The van der Waals surface area contributed by atoms with Crippen molar-refractivity contribution in [1.82, 2.24) is 4.98 Å². The molecule has 5 aromatic carbocycles. The van der Waals surface area contributed by atoms with Gasteiger partial charge < -0.3 is 0 Å². The maximum atomic E-state index is 4.60. The van der Waals surface area contributed by atoms with Crippen molar-refractivity contribution in [2.75, 3.05) is 0 Å². The van der Waals surface area contributed by atoms with Gasteiger partial charge in [-0.05, 0) is 55.6 Å². The van der Waals surface area contributed by atoms with Crippen LogP contribution < -0.4 is 0 Å². The molecule has 0 spiro atoms. The molecule has 0 N–H and O–H groups in total. The third kappa shape index (κ3) is 2.17. The second-order valence-electron chi connectivity index (χ2n) is 7.23. The molecular formula is C27H17N. The quantitative estimate of drug-likeness (QED) is 0.297. The van der Waals surface area contributed by atoms with Crippen LogP contribution in [-0.2, 0) is 0 Å². The summed E-state index contributed by atoms with van der Waals surface area (Å²) in [6.45, 7) is 0. The van der Waals surface area contributed by atoms with Crippen molar-refractivity contribution in [3.63, 3.8) is 0 Å². The maximum absolute atomic E-state index is 4.60. The Bertz CT molecular complexity index is 1320. The van der Waals surface area contributed by atoms with E-state index in [1.54, 1.807) is 0 Å². The van der Waals surface area contributed by atoms with Gasteiger partial charge in [0.2, 0.25) is 0 Å². The van der Waals surface area contributed by atoms with Gasteiger partial charge in [-0.1, -0.05) is 84.9 Å². The highest BCUT2D eigenvalue weighted by molar-refractivity contribution is 6.27. The summed E-state index contributed by atoms with van der Waals surface area (Å²) >= 11 is 0. The van der Waals surface area contributed by atoms with Crippen molar-refractivity contribution in [2.24, 2.45) is 0 Å². The molecule has 0 aliphatic rings. The number of pyridine rings is 1. The van der Waals surface area contributed by atoms with Crippen LogP contribution in [0, 0.1) is 0 Å². The van der Waals surface area contributed by atoms with Crippen LogP contribution in [0.3, 0.4) is 0 Å². The Morgan fingerprint density at radius 3 is 1.75 bits per heavy atom. The lowest BCUT2D eigenvalue weighted by molar-refractivity contribution is 1.33. The van der Waals surface area contributed by atoms with E-state index in [-0.39, 0.29) is 0 Å². The van der Waals surface area contributed by atoms with Crippen LogP contribution in [0.4, 0.5) is 0 Å². The Morgan fingerprint density at radius 1 is 0.464 bits per heavy atom. The molecule has 130 valence electrons. The van der Waals surface area contributed by atoms with Crippen LogP contribution >= 0.6 is 0 Å². The minimum Gasteiger partial charge on any atom is -0.256 e. The molecule has 1 aromatic heterocycles. The molecule has 0 aliphatic heterocycles. The third-order valence-corrected chi connectivity index (χ3v) is 5.69. The fourth-order valence-corrected chi connectivity index (χ4v) is 4.42. The minimum absolute atomic E-state index is 1.02. The smallest absolute Gasteiger partial charge is 0.0708 e. The summed E-state index contributed by atoms with van der Waals surface area (Å²) in [7, 11) is 0. The molecule has 6 aromatic rings. The van der Waals surface area contributed by atoms with Gasteiger partial charge in [-0.15, -0.1) is 0 Å². The Kier molecular flexibility index (Phi) is 3.24. The number of benzene rings is 5. The molecule has 0 radical (unpaired) electrons. The van der Waals surface area contributed by atoms with Crippen LogP contribution in [-0.4, -0.2) is 4.98 Å². The molecular weight excluding hydrogens is 338 g/mol. The van der Waals surface area contributed by atoms with Crippen LogP contribution in [0.5, 0.6) is 0 Å².